The summed E-state index contributed by atoms with van der Waals surface area (Å²) in [5.74, 6) is -1.19. The van der Waals surface area contributed by atoms with E-state index in [1.54, 1.807) is 0 Å². The van der Waals surface area contributed by atoms with Crippen LogP contribution >= 0.6 is 0 Å². The Bertz CT molecular complexity index is 507. The van der Waals surface area contributed by atoms with Crippen LogP contribution in [0.25, 0.3) is 0 Å². The summed E-state index contributed by atoms with van der Waals surface area (Å²) in [5.41, 5.74) is 11.2. The van der Waals surface area contributed by atoms with Crippen molar-refractivity contribution < 1.29 is 15.0 Å². The molecule has 0 unspecified atom stereocenters. The number of aliphatic imine (C=N–C) groups is 2. The van der Waals surface area contributed by atoms with Crippen LogP contribution in [0.3, 0.4) is 0 Å². The minimum Gasteiger partial charge on any atom is -0.507 e. The van der Waals surface area contributed by atoms with Gasteiger partial charge in [-0.1, -0.05) is 0 Å². The van der Waals surface area contributed by atoms with Gasteiger partial charge < -0.3 is 21.7 Å². The van der Waals surface area contributed by atoms with Crippen molar-refractivity contribution in [3.63, 3.8) is 0 Å². The third-order valence-electron chi connectivity index (χ3n) is 2.06. The van der Waals surface area contributed by atoms with Crippen molar-refractivity contribution in [1.29, 1.82) is 0 Å². The number of aliphatic carboxylic acids is 1. The number of phenols is 1. The minimum absolute atomic E-state index is 0.0362. The molecule has 0 aliphatic heterocycles. The van der Waals surface area contributed by atoms with E-state index in [1.165, 1.54) is 31.3 Å². The molecule has 0 saturated carbocycles. The molecule has 96 valence electrons. The zero-order valence-corrected chi connectivity index (χ0v) is 9.74. The Kier molecular flexibility index (Phi) is 4.25. The molecule has 0 spiro atoms. The number of hydrogen-bond acceptors (Lipinski definition) is 4. The van der Waals surface area contributed by atoms with Gasteiger partial charge in [0, 0.05) is 11.8 Å². The Morgan fingerprint density at radius 1 is 1.44 bits per heavy atom. The SMILES string of the molecule is C[C@H](N=Cc1cc(N=C(N)N)ccc1O)C(=O)O. The second-order valence-corrected chi connectivity index (χ2v) is 3.57. The zero-order valence-electron chi connectivity index (χ0n) is 9.74. The lowest BCUT2D eigenvalue weighted by Crippen LogP contribution is -2.21. The highest BCUT2D eigenvalue weighted by Gasteiger charge is 2.07. The van der Waals surface area contributed by atoms with Crippen molar-refractivity contribution in [3.8, 4) is 5.75 Å². The summed E-state index contributed by atoms with van der Waals surface area (Å²) in [5, 5.41) is 18.2. The summed E-state index contributed by atoms with van der Waals surface area (Å²) < 4.78 is 0. The van der Waals surface area contributed by atoms with E-state index in [0.717, 1.165) is 0 Å². The summed E-state index contributed by atoms with van der Waals surface area (Å²) in [6.45, 7) is 1.43. The number of phenolic OH excluding ortho intramolecular Hbond substituents is 1. The molecule has 1 aromatic rings. The van der Waals surface area contributed by atoms with Crippen LogP contribution in [0.4, 0.5) is 5.69 Å². The standard InChI is InChI=1S/C11H14N4O3/c1-6(10(17)18)14-5-7-4-8(15-11(12)13)2-3-9(7)16/h2-6,16H,1H3,(H,17,18)(H4,12,13,15)/t6-/m0/s1. The Morgan fingerprint density at radius 3 is 2.67 bits per heavy atom. The second-order valence-electron chi connectivity index (χ2n) is 3.57. The van der Waals surface area contributed by atoms with Gasteiger partial charge in [-0.15, -0.1) is 0 Å². The molecule has 0 heterocycles. The van der Waals surface area contributed by atoms with Crippen molar-refractivity contribution >= 4 is 23.8 Å². The molecule has 18 heavy (non-hydrogen) atoms. The molecule has 0 radical (unpaired) electrons. The predicted molar refractivity (Wildman–Crippen MR) is 68.3 cm³/mol. The molecule has 0 fully saturated rings. The Hall–Kier alpha value is -2.57. The van der Waals surface area contributed by atoms with Crippen LogP contribution in [0, 0.1) is 0 Å². The van der Waals surface area contributed by atoms with Crippen LogP contribution in [0.2, 0.25) is 0 Å². The van der Waals surface area contributed by atoms with E-state index >= 15 is 0 Å². The fourth-order valence-corrected chi connectivity index (χ4v) is 1.12. The summed E-state index contributed by atoms with van der Waals surface area (Å²) in [6, 6.07) is 3.52. The van der Waals surface area contributed by atoms with Crippen LogP contribution in [0.5, 0.6) is 5.75 Å². The molecule has 0 aromatic heterocycles. The molecule has 1 aromatic carbocycles. The van der Waals surface area contributed by atoms with Crippen LogP contribution in [-0.4, -0.2) is 34.4 Å². The number of carboxylic acid groups (broad SMARTS) is 1. The van der Waals surface area contributed by atoms with E-state index in [0.29, 0.717) is 11.3 Å². The molecule has 1 atom stereocenters. The van der Waals surface area contributed by atoms with Gasteiger partial charge in [0.05, 0.1) is 5.69 Å². The summed E-state index contributed by atoms with van der Waals surface area (Å²) in [6.07, 6.45) is 1.26. The highest BCUT2D eigenvalue weighted by molar-refractivity contribution is 5.88. The fraction of sp³-hybridized carbons (Fsp3) is 0.182. The first-order chi connectivity index (χ1) is 8.40. The molecule has 6 N–H and O–H groups in total. The average molecular weight is 250 g/mol. The molecule has 1 rings (SSSR count). The van der Waals surface area contributed by atoms with Gasteiger partial charge in [-0.3, -0.25) is 4.99 Å². The topological polar surface area (TPSA) is 134 Å². The van der Waals surface area contributed by atoms with Crippen molar-refractivity contribution in [2.24, 2.45) is 21.5 Å². The summed E-state index contributed by atoms with van der Waals surface area (Å²) >= 11 is 0. The van der Waals surface area contributed by atoms with E-state index in [4.69, 9.17) is 16.6 Å². The zero-order chi connectivity index (χ0) is 13.7. The maximum atomic E-state index is 10.6. The Labute approximate surface area is 103 Å². The van der Waals surface area contributed by atoms with Crippen LogP contribution in [0.1, 0.15) is 12.5 Å². The van der Waals surface area contributed by atoms with E-state index in [2.05, 4.69) is 9.98 Å². The van der Waals surface area contributed by atoms with Crippen LogP contribution < -0.4 is 11.5 Å². The summed E-state index contributed by atoms with van der Waals surface area (Å²) in [4.78, 5) is 18.2. The lowest BCUT2D eigenvalue weighted by molar-refractivity contribution is -0.137. The number of rotatable bonds is 4. The van der Waals surface area contributed by atoms with Gasteiger partial charge in [-0.25, -0.2) is 9.79 Å². The van der Waals surface area contributed by atoms with Gasteiger partial charge in [0.25, 0.3) is 0 Å². The largest absolute Gasteiger partial charge is 0.507 e. The van der Waals surface area contributed by atoms with Gasteiger partial charge in [-0.2, -0.15) is 0 Å². The van der Waals surface area contributed by atoms with Crippen LogP contribution in [0.15, 0.2) is 28.2 Å². The maximum absolute atomic E-state index is 10.6. The van der Waals surface area contributed by atoms with Crippen LogP contribution in [-0.2, 0) is 4.79 Å². The number of guanidine groups is 1. The molecule has 0 aliphatic carbocycles. The lowest BCUT2D eigenvalue weighted by atomic mass is 10.2. The number of aromatic hydroxyl groups is 1. The molecule has 0 amide bonds. The average Bonchev–Trinajstić information content (AvgIpc) is 2.28. The summed E-state index contributed by atoms with van der Waals surface area (Å²) in [7, 11) is 0. The first-order valence-electron chi connectivity index (χ1n) is 5.09. The monoisotopic (exact) mass is 250 g/mol. The number of benzene rings is 1. The number of carbonyl (C=O) groups is 1. The molecule has 0 bridgehead atoms. The highest BCUT2D eigenvalue weighted by atomic mass is 16.4. The van der Waals surface area contributed by atoms with Gasteiger partial charge in [0.15, 0.2) is 5.96 Å². The number of hydrogen-bond donors (Lipinski definition) is 4. The van der Waals surface area contributed by atoms with Gasteiger partial charge in [-0.05, 0) is 25.1 Å². The third kappa shape index (κ3) is 3.78. The van der Waals surface area contributed by atoms with Gasteiger partial charge in [0.2, 0.25) is 0 Å². The molecular formula is C11H14N4O3. The van der Waals surface area contributed by atoms with E-state index in [1.807, 2.05) is 0 Å². The lowest BCUT2D eigenvalue weighted by Gasteiger charge is -2.02. The second kappa shape index (κ2) is 5.67. The first kappa shape index (κ1) is 13.5. The van der Waals surface area contributed by atoms with Crippen molar-refractivity contribution in [3.05, 3.63) is 23.8 Å². The Morgan fingerprint density at radius 2 is 2.11 bits per heavy atom. The fourth-order valence-electron chi connectivity index (χ4n) is 1.12. The normalized spacial score (nSPS) is 12.3. The van der Waals surface area contributed by atoms with Crippen molar-refractivity contribution in [2.75, 3.05) is 0 Å². The van der Waals surface area contributed by atoms with E-state index < -0.39 is 12.0 Å². The highest BCUT2D eigenvalue weighted by Crippen LogP contribution is 2.21. The maximum Gasteiger partial charge on any atom is 0.328 e. The van der Waals surface area contributed by atoms with E-state index in [9.17, 15) is 9.90 Å². The minimum atomic E-state index is -1.05. The van der Waals surface area contributed by atoms with Gasteiger partial charge in [0.1, 0.15) is 11.8 Å². The number of nitrogens with two attached hydrogens (primary N) is 2. The number of nitrogens with zero attached hydrogens (tertiary/aromatic N) is 2. The number of carboxylic acids is 1. The first-order valence-corrected chi connectivity index (χ1v) is 5.09. The molecule has 7 heteroatoms. The molecule has 0 aliphatic rings. The molecule has 0 saturated heterocycles. The smallest absolute Gasteiger partial charge is 0.328 e. The molecular weight excluding hydrogens is 236 g/mol. The van der Waals surface area contributed by atoms with Gasteiger partial charge >= 0.3 is 5.97 Å². The third-order valence-corrected chi connectivity index (χ3v) is 2.06. The predicted octanol–water partition coefficient (Wildman–Crippen LogP) is 0.189. The van der Waals surface area contributed by atoms with Crippen molar-refractivity contribution in [1.82, 2.24) is 0 Å². The Balaban J connectivity index is 3.01. The van der Waals surface area contributed by atoms with Crippen molar-refractivity contribution in [2.45, 2.75) is 13.0 Å². The molecule has 7 nitrogen and oxygen atoms in total. The van der Waals surface area contributed by atoms with E-state index in [-0.39, 0.29) is 11.7 Å². The quantitative estimate of drug-likeness (QED) is 0.447.